The van der Waals surface area contributed by atoms with Crippen molar-refractivity contribution in [3.05, 3.63) is 65.8 Å². The Hall–Kier alpha value is -2.82. The first-order chi connectivity index (χ1) is 10.7. The highest BCUT2D eigenvalue weighted by Crippen LogP contribution is 2.25. The average molecular weight is 293 g/mol. The molecule has 5 heteroatoms. The molecule has 110 valence electrons. The summed E-state index contributed by atoms with van der Waals surface area (Å²) >= 11 is 0. The molecule has 1 atom stereocenters. The van der Waals surface area contributed by atoms with Crippen molar-refractivity contribution in [3.63, 3.8) is 0 Å². The van der Waals surface area contributed by atoms with Gasteiger partial charge in [-0.3, -0.25) is 14.5 Å². The van der Waals surface area contributed by atoms with Gasteiger partial charge in [-0.2, -0.15) is 0 Å². The molecule has 0 saturated carbocycles. The lowest BCUT2D eigenvalue weighted by molar-refractivity contribution is 0.0598. The molecule has 1 aromatic heterocycles. The van der Waals surface area contributed by atoms with E-state index in [-0.39, 0.29) is 17.9 Å². The van der Waals surface area contributed by atoms with Gasteiger partial charge in [-0.15, -0.1) is 0 Å². The summed E-state index contributed by atoms with van der Waals surface area (Å²) in [7, 11) is 0. The molecule has 0 bridgehead atoms. The highest BCUT2D eigenvalue weighted by molar-refractivity contribution is 6.21. The van der Waals surface area contributed by atoms with Crippen LogP contribution < -0.4 is 0 Å². The lowest BCUT2D eigenvalue weighted by Gasteiger charge is -2.21. The minimum atomic E-state index is -0.218. The van der Waals surface area contributed by atoms with Gasteiger partial charge >= 0.3 is 0 Å². The second-order valence-corrected chi connectivity index (χ2v) is 5.18. The smallest absolute Gasteiger partial charge is 0.261 e. The highest BCUT2D eigenvalue weighted by Gasteiger charge is 2.37. The van der Waals surface area contributed by atoms with Crippen molar-refractivity contribution in [3.8, 4) is 0 Å². The summed E-state index contributed by atoms with van der Waals surface area (Å²) in [6, 6.07) is 6.73. The number of nitrogens with zero attached hydrogens (tertiary/aromatic N) is 3. The van der Waals surface area contributed by atoms with E-state index in [2.05, 4.69) is 9.97 Å². The van der Waals surface area contributed by atoms with E-state index < -0.39 is 0 Å². The van der Waals surface area contributed by atoms with Crippen LogP contribution >= 0.6 is 0 Å². The fourth-order valence-corrected chi connectivity index (χ4v) is 2.51. The SMILES string of the molecule is C[C@@H](CC=Cc1cncnc1)N1C(=O)c2ccccc2C1=O. The number of hydrogen-bond donors (Lipinski definition) is 0. The van der Waals surface area contributed by atoms with Crippen molar-refractivity contribution in [1.29, 1.82) is 0 Å². The molecule has 1 aliphatic heterocycles. The fourth-order valence-electron chi connectivity index (χ4n) is 2.51. The van der Waals surface area contributed by atoms with Crippen molar-refractivity contribution in [2.24, 2.45) is 0 Å². The third kappa shape index (κ3) is 2.53. The lowest BCUT2D eigenvalue weighted by atomic mass is 10.1. The Morgan fingerprint density at radius 1 is 1.09 bits per heavy atom. The van der Waals surface area contributed by atoms with Gasteiger partial charge in [-0.1, -0.05) is 24.3 Å². The Labute approximate surface area is 128 Å². The topological polar surface area (TPSA) is 63.2 Å². The van der Waals surface area contributed by atoms with Crippen LogP contribution in [0.1, 0.15) is 39.6 Å². The van der Waals surface area contributed by atoms with Gasteiger partial charge in [0.1, 0.15) is 6.33 Å². The second-order valence-electron chi connectivity index (χ2n) is 5.18. The van der Waals surface area contributed by atoms with Gasteiger partial charge in [0.15, 0.2) is 0 Å². The summed E-state index contributed by atoms with van der Waals surface area (Å²) in [6.07, 6.45) is 9.27. The van der Waals surface area contributed by atoms with E-state index in [1.54, 1.807) is 36.7 Å². The van der Waals surface area contributed by atoms with Crippen LogP contribution in [-0.4, -0.2) is 32.7 Å². The van der Waals surface area contributed by atoms with Crippen LogP contribution in [0.2, 0.25) is 0 Å². The summed E-state index contributed by atoms with van der Waals surface area (Å²) in [6.45, 7) is 1.87. The Kier molecular flexibility index (Phi) is 3.78. The molecule has 0 fully saturated rings. The van der Waals surface area contributed by atoms with Gasteiger partial charge in [0.05, 0.1) is 11.1 Å². The summed E-state index contributed by atoms with van der Waals surface area (Å²) in [5, 5.41) is 0. The van der Waals surface area contributed by atoms with Gasteiger partial charge < -0.3 is 0 Å². The third-order valence-corrected chi connectivity index (χ3v) is 3.63. The summed E-state index contributed by atoms with van der Waals surface area (Å²) in [5.74, 6) is -0.436. The number of carbonyl (C=O) groups excluding carboxylic acids is 2. The number of imide groups is 1. The quantitative estimate of drug-likeness (QED) is 0.813. The third-order valence-electron chi connectivity index (χ3n) is 3.63. The van der Waals surface area contributed by atoms with Crippen molar-refractivity contribution in [2.45, 2.75) is 19.4 Å². The van der Waals surface area contributed by atoms with Crippen LogP contribution in [0.15, 0.2) is 49.1 Å². The molecule has 0 spiro atoms. The number of aromatic nitrogens is 2. The average Bonchev–Trinajstić information content (AvgIpc) is 2.80. The Morgan fingerprint density at radius 3 is 2.27 bits per heavy atom. The molecule has 2 heterocycles. The van der Waals surface area contributed by atoms with Crippen molar-refractivity contribution in [2.75, 3.05) is 0 Å². The number of amides is 2. The van der Waals surface area contributed by atoms with Crippen molar-refractivity contribution >= 4 is 17.9 Å². The molecule has 0 radical (unpaired) electrons. The summed E-state index contributed by atoms with van der Waals surface area (Å²) in [5.41, 5.74) is 1.86. The van der Waals surface area contributed by atoms with Gasteiger partial charge in [-0.25, -0.2) is 9.97 Å². The van der Waals surface area contributed by atoms with Gasteiger partial charge in [0, 0.05) is 24.0 Å². The van der Waals surface area contributed by atoms with E-state index in [0.29, 0.717) is 17.5 Å². The summed E-state index contributed by atoms with van der Waals surface area (Å²) < 4.78 is 0. The number of hydrogen-bond acceptors (Lipinski definition) is 4. The van der Waals surface area contributed by atoms with Crippen molar-refractivity contribution in [1.82, 2.24) is 14.9 Å². The molecule has 3 rings (SSSR count). The molecular weight excluding hydrogens is 278 g/mol. The molecule has 2 aromatic rings. The van der Waals surface area contributed by atoms with E-state index >= 15 is 0 Å². The first-order valence-corrected chi connectivity index (χ1v) is 7.07. The zero-order valence-corrected chi connectivity index (χ0v) is 12.1. The monoisotopic (exact) mass is 293 g/mol. The first kappa shape index (κ1) is 14.1. The fraction of sp³-hybridized carbons (Fsp3) is 0.176. The van der Waals surface area contributed by atoms with Gasteiger partial charge in [0.2, 0.25) is 0 Å². The van der Waals surface area contributed by atoms with E-state index in [0.717, 1.165) is 5.56 Å². The zero-order chi connectivity index (χ0) is 15.5. The Morgan fingerprint density at radius 2 is 1.68 bits per heavy atom. The largest absolute Gasteiger partial charge is 0.271 e. The minimum Gasteiger partial charge on any atom is -0.271 e. The number of rotatable bonds is 4. The predicted molar refractivity (Wildman–Crippen MR) is 82.1 cm³/mol. The van der Waals surface area contributed by atoms with E-state index in [4.69, 9.17) is 0 Å². The highest BCUT2D eigenvalue weighted by atomic mass is 16.2. The molecule has 22 heavy (non-hydrogen) atoms. The molecule has 1 aliphatic rings. The standard InChI is InChI=1S/C17H15N3O2/c1-12(5-4-6-13-9-18-11-19-10-13)20-16(21)14-7-2-3-8-15(14)17(20)22/h2-4,6-12H,5H2,1H3/t12-/m0/s1. The Balaban J connectivity index is 1.71. The maximum absolute atomic E-state index is 12.3. The van der Waals surface area contributed by atoms with Crippen LogP contribution in [0.5, 0.6) is 0 Å². The molecule has 0 N–H and O–H groups in total. The number of benzene rings is 1. The predicted octanol–water partition coefficient (Wildman–Crippen LogP) is 2.56. The summed E-state index contributed by atoms with van der Waals surface area (Å²) in [4.78, 5) is 33.9. The van der Waals surface area contributed by atoms with Crippen LogP contribution in [-0.2, 0) is 0 Å². The normalized spacial score (nSPS) is 15.4. The molecule has 2 amide bonds. The number of fused-ring (bicyclic) bond motifs is 1. The molecule has 0 unspecified atom stereocenters. The molecule has 0 aliphatic carbocycles. The maximum atomic E-state index is 12.3. The minimum absolute atomic E-state index is 0.201. The van der Waals surface area contributed by atoms with E-state index in [9.17, 15) is 9.59 Å². The molecular formula is C17H15N3O2. The van der Waals surface area contributed by atoms with Crippen molar-refractivity contribution < 1.29 is 9.59 Å². The second kappa shape index (κ2) is 5.89. The Bertz CT molecular complexity index is 706. The molecule has 5 nitrogen and oxygen atoms in total. The van der Waals surface area contributed by atoms with Gasteiger partial charge in [0.25, 0.3) is 11.8 Å². The van der Waals surface area contributed by atoms with Crippen LogP contribution in [0.3, 0.4) is 0 Å². The zero-order valence-electron chi connectivity index (χ0n) is 12.1. The van der Waals surface area contributed by atoms with Crippen LogP contribution in [0.25, 0.3) is 6.08 Å². The van der Waals surface area contributed by atoms with E-state index in [1.807, 2.05) is 19.1 Å². The van der Waals surface area contributed by atoms with Crippen LogP contribution in [0, 0.1) is 0 Å². The van der Waals surface area contributed by atoms with Crippen LogP contribution in [0.4, 0.5) is 0 Å². The first-order valence-electron chi connectivity index (χ1n) is 7.07. The molecule has 0 saturated heterocycles. The molecule has 1 aromatic carbocycles. The van der Waals surface area contributed by atoms with E-state index in [1.165, 1.54) is 11.2 Å². The number of carbonyl (C=O) groups is 2. The lowest BCUT2D eigenvalue weighted by Crippen LogP contribution is -2.37. The van der Waals surface area contributed by atoms with Gasteiger partial charge in [-0.05, 0) is 25.5 Å². The maximum Gasteiger partial charge on any atom is 0.261 e.